The Morgan fingerprint density at radius 1 is 0.597 bits per heavy atom. The van der Waals surface area contributed by atoms with Crippen molar-refractivity contribution in [3.8, 4) is 68.5 Å². The number of aryl methyl sites for hydroxylation is 4. The predicted octanol–water partition coefficient (Wildman–Crippen LogP) is 16.5. The number of amides is 1. The maximum absolute atomic E-state index is 13.2. The summed E-state index contributed by atoms with van der Waals surface area (Å²) in [6.45, 7) is 35.0. The number of ether oxygens (including phenoxy) is 6. The highest BCUT2D eigenvalue weighted by molar-refractivity contribution is 8.03. The number of hydrogen-bond donors (Lipinski definition) is 10. The van der Waals surface area contributed by atoms with E-state index in [0.29, 0.717) is 100 Å². The molecule has 1 aromatic heterocycles. The molecule has 3 heterocycles. The number of thiocarbonyl (C=S) groups is 1. The molecule has 0 spiro atoms. The molecule has 27 nitrogen and oxygen atoms in total. The third-order valence-electron chi connectivity index (χ3n) is 19.0. The van der Waals surface area contributed by atoms with Gasteiger partial charge in [0.1, 0.15) is 56.4 Å². The molecule has 11 rings (SSSR count). The molecule has 2 aliphatic heterocycles. The van der Waals surface area contributed by atoms with E-state index in [9.17, 15) is 29.7 Å². The molecule has 13 N–H and O–H groups in total. The van der Waals surface area contributed by atoms with Crippen LogP contribution in [0, 0.1) is 49.4 Å². The number of nitrogens with two attached hydrogens (primary N) is 1. The highest BCUT2D eigenvalue weighted by atomic mass is 32.2. The Balaban J connectivity index is 0.000000388. The first-order valence-corrected chi connectivity index (χ1v) is 40.1. The van der Waals surface area contributed by atoms with E-state index in [2.05, 4.69) is 96.4 Å². The van der Waals surface area contributed by atoms with Crippen molar-refractivity contribution in [3.63, 3.8) is 0 Å². The lowest BCUT2D eigenvalue weighted by Crippen LogP contribution is -2.41. The summed E-state index contributed by atoms with van der Waals surface area (Å²) in [5.74, 6) is 11.0. The molecule has 8 aromatic carbocycles. The predicted molar refractivity (Wildman–Crippen MR) is 477 cm³/mol. The van der Waals surface area contributed by atoms with Crippen molar-refractivity contribution >= 4 is 63.7 Å². The maximum Gasteiger partial charge on any atom is 0.289 e. The summed E-state index contributed by atoms with van der Waals surface area (Å²) in [5, 5.41) is 65.4. The van der Waals surface area contributed by atoms with Crippen molar-refractivity contribution in [2.24, 2.45) is 10.8 Å². The molecular weight excluding hydrogens is 1550 g/mol. The van der Waals surface area contributed by atoms with Gasteiger partial charge in [0.2, 0.25) is 5.82 Å². The minimum absolute atomic E-state index is 0. The second-order valence-corrected chi connectivity index (χ2v) is 30.1. The number of thioether (sulfide) groups is 1. The van der Waals surface area contributed by atoms with Crippen LogP contribution in [0.5, 0.6) is 46.0 Å². The molecule has 2 saturated heterocycles. The highest BCUT2D eigenvalue weighted by Crippen LogP contribution is 2.37. The van der Waals surface area contributed by atoms with E-state index in [0.717, 1.165) is 126 Å². The summed E-state index contributed by atoms with van der Waals surface area (Å²) in [6.07, 6.45) is 1.16. The molecule has 0 radical (unpaired) electrons. The third kappa shape index (κ3) is 31.8. The molecule has 0 saturated carbocycles. The van der Waals surface area contributed by atoms with Crippen molar-refractivity contribution in [2.75, 3.05) is 106 Å². The van der Waals surface area contributed by atoms with Gasteiger partial charge in [-0.3, -0.25) is 28.8 Å². The largest absolute Gasteiger partial charge is 0.508 e. The van der Waals surface area contributed by atoms with Gasteiger partial charge in [0.05, 0.1) is 77.2 Å². The van der Waals surface area contributed by atoms with E-state index in [1.54, 1.807) is 63.3 Å². The van der Waals surface area contributed by atoms with Crippen LogP contribution in [0.4, 0.5) is 11.4 Å². The molecule has 2 fully saturated rings. The molecule has 2 aliphatic rings. The number of aromatic nitrogens is 3. The lowest BCUT2D eigenvalue weighted by Gasteiger charge is -2.26. The fourth-order valence-electron chi connectivity index (χ4n) is 12.7. The third-order valence-corrected chi connectivity index (χ3v) is 20.0. The van der Waals surface area contributed by atoms with Gasteiger partial charge in [0, 0.05) is 70.3 Å². The number of phenols is 4. The number of carbonyl (C=O) groups is 3. The summed E-state index contributed by atoms with van der Waals surface area (Å²) < 4.78 is 32.8. The van der Waals surface area contributed by atoms with Gasteiger partial charge >= 0.3 is 0 Å². The number of aliphatic imine (C=N–C) groups is 1. The molecule has 119 heavy (non-hydrogen) atoms. The lowest BCUT2D eigenvalue weighted by molar-refractivity contribution is -0.135. The van der Waals surface area contributed by atoms with Gasteiger partial charge in [0.25, 0.3) is 5.91 Å². The van der Waals surface area contributed by atoms with E-state index in [1.807, 2.05) is 154 Å². The molecule has 0 atom stereocenters. The number of nitrogens with one attached hydrogen (secondary N) is 5. The number of methoxy groups -OCH3 is 4. The quantitative estimate of drug-likeness (QED) is 0.00309. The van der Waals surface area contributed by atoms with Crippen LogP contribution in [0.3, 0.4) is 0 Å². The molecule has 1 amide bonds. The van der Waals surface area contributed by atoms with Gasteiger partial charge in [-0.25, -0.2) is 21.9 Å². The van der Waals surface area contributed by atoms with Crippen LogP contribution in [-0.4, -0.2) is 179 Å². The second kappa shape index (κ2) is 51.8. The van der Waals surface area contributed by atoms with Crippen LogP contribution in [0.1, 0.15) is 167 Å². The summed E-state index contributed by atoms with van der Waals surface area (Å²) in [6, 6.07) is 46.1. The lowest BCUT2D eigenvalue weighted by atomic mass is 9.95. The number of morpholine rings is 2. The number of carbonyl (C=O) groups excluding carboxylic acids is 3. The molecular formula is C90H121N13O14S2. The molecule has 642 valence electrons. The van der Waals surface area contributed by atoms with Gasteiger partial charge in [-0.05, 0) is 266 Å². The normalized spacial score (nSPS) is 12.4. The van der Waals surface area contributed by atoms with Crippen LogP contribution in [-0.2, 0) is 19.1 Å². The van der Waals surface area contributed by atoms with Gasteiger partial charge in [-0.2, -0.15) is 5.26 Å². The zero-order valence-electron chi connectivity index (χ0n) is 71.4. The van der Waals surface area contributed by atoms with E-state index < -0.39 is 0 Å². The number of thiocyanates is 1. The number of benzene rings is 8. The standard InChI is InChI=1S/C26H33N5O4.C18H23N3O2.C18H21NO2S.C10H17NO3.C10H14O.C8H7NOS.H2N2.H2O.H2/c1-17(2)21-16-22(23(32)15-18(21)3)24-28-29-25(31(24)19-5-7-20(34-4)8-6-19)26(33)27-9-10-30-11-13-35-14-12-30;1-11(2)15-10-16(17(22)9-12(15)3)18(21-19)20-13-5-7-14(23-4)8-6-13;1-11(2)15-10-16(17(20)9-12(15)3)18(22)19-13-5-7-14(21-4)8-6-13;1-9(12)10(13)3-2-4-11-5-7-14-8-6-11;1-7(2)10-5-4-9(11)6-8(10)3;1-10-7-2-4-8(5-3-7)11-6-9;1-2;;/h5-8,15-17,32H,9-14H2,1-4H3,(H,27,33);5-11,22H,19H2,1-4H3,(H,20,21);5-11,20H,1-4H3,(H,19,22);2-8H2,1H3;4-7,11H,1-3H3;2-5H,1H3;1-2H;1H2;1H. The van der Waals surface area contributed by atoms with Gasteiger partial charge in [-0.1, -0.05) is 73.7 Å². The highest BCUT2D eigenvalue weighted by Gasteiger charge is 2.26. The molecule has 9 aromatic rings. The number of nitrogens with zero attached hydrogens (tertiary/aromatic N) is 7. The smallest absolute Gasteiger partial charge is 0.289 e. The molecule has 0 unspecified atom stereocenters. The van der Waals surface area contributed by atoms with Crippen LogP contribution in [0.25, 0.3) is 17.1 Å². The first-order valence-electron chi connectivity index (χ1n) is 38.9. The number of nitriles is 1. The van der Waals surface area contributed by atoms with Gasteiger partial charge in [-0.15, -0.1) is 10.2 Å². The van der Waals surface area contributed by atoms with Crippen LogP contribution in [0.15, 0.2) is 162 Å². The Bertz CT molecular complexity index is 4750. The number of Topliss-reactive ketones (excluding diaryl/α,β-unsaturated/α-hetero) is 2. The first-order chi connectivity index (χ1) is 56.4. The fraction of sp³-hybridized carbons (Fsp3) is 0.378. The van der Waals surface area contributed by atoms with Crippen LogP contribution < -0.4 is 40.8 Å². The Hall–Kier alpha value is -11.3. The zero-order valence-corrected chi connectivity index (χ0v) is 73.1. The number of aromatic hydroxyl groups is 4. The minimum atomic E-state index is -0.330. The zero-order chi connectivity index (χ0) is 87.1. The fourth-order valence-corrected chi connectivity index (χ4v) is 13.3. The van der Waals surface area contributed by atoms with E-state index >= 15 is 0 Å². The van der Waals surface area contributed by atoms with E-state index in [-0.39, 0.29) is 53.4 Å². The Kier molecular flexibility index (Phi) is 43.5. The summed E-state index contributed by atoms with van der Waals surface area (Å²) >= 11 is 6.58. The van der Waals surface area contributed by atoms with E-state index in [4.69, 9.17) is 67.9 Å². The summed E-state index contributed by atoms with van der Waals surface area (Å²) in [7, 11) is 6.46. The van der Waals surface area contributed by atoms with Crippen LogP contribution in [0.2, 0.25) is 0 Å². The summed E-state index contributed by atoms with van der Waals surface area (Å²) in [4.78, 5) is 45.3. The van der Waals surface area contributed by atoms with Gasteiger partial charge < -0.3 is 70.4 Å². The summed E-state index contributed by atoms with van der Waals surface area (Å²) in [5.41, 5.74) is 25.6. The minimum Gasteiger partial charge on any atom is -0.508 e. The number of ketones is 2. The Morgan fingerprint density at radius 3 is 1.50 bits per heavy atom. The molecule has 29 heteroatoms. The number of amidine groups is 1. The average molecular weight is 1670 g/mol. The first kappa shape index (κ1) is 100. The van der Waals surface area contributed by atoms with Crippen molar-refractivity contribution in [2.45, 2.75) is 131 Å². The maximum atomic E-state index is 13.2. The number of anilines is 1. The molecule has 0 bridgehead atoms. The molecule has 0 aliphatic carbocycles. The Labute approximate surface area is 711 Å². The topological polar surface area (TPSA) is 402 Å². The number of rotatable bonds is 24. The van der Waals surface area contributed by atoms with E-state index in [1.165, 1.54) is 23.6 Å². The second-order valence-electron chi connectivity index (χ2n) is 28.8. The van der Waals surface area contributed by atoms with Crippen molar-refractivity contribution in [1.29, 1.82) is 16.3 Å². The van der Waals surface area contributed by atoms with Crippen LogP contribution >= 0.6 is 24.0 Å². The number of hydrazine groups is 1. The van der Waals surface area contributed by atoms with Crippen molar-refractivity contribution in [1.82, 2.24) is 35.3 Å². The number of hydrogen-bond acceptors (Lipinski definition) is 24. The monoisotopic (exact) mass is 1670 g/mol. The van der Waals surface area contributed by atoms with Crippen molar-refractivity contribution in [3.05, 3.63) is 213 Å². The Morgan fingerprint density at radius 2 is 1.03 bits per heavy atom. The van der Waals surface area contributed by atoms with Gasteiger partial charge in [0.15, 0.2) is 23.2 Å². The van der Waals surface area contributed by atoms with Crippen molar-refractivity contribution < 1.29 is 70.1 Å². The SMILES string of the molecule is CC(=O)C(=O)CCCN1CCOCC1.COc1ccc(-n2c(C(=O)NCCN3CCOCC3)nnc2-c2cc(C(C)C)c(C)cc2O)cc1.COc1ccc(N=C(NN)c2cc(C(C)C)c(C)cc2O)cc1.COc1ccc(NC(=S)c2cc(C(C)C)c(C)cc2O)cc1.COc1ccc(SC#N)cc1.Cc1cc(O)ccc1C(C)C.N=N.O.[HH]. The number of phenolic OH excluding ortho intramolecular Hbond substituents is 4. The average Bonchev–Trinajstić information content (AvgIpc) is 1.61.